The molecule has 0 radical (unpaired) electrons. The van der Waals surface area contributed by atoms with E-state index >= 15 is 0 Å². The zero-order valence-electron chi connectivity index (χ0n) is 24.2. The van der Waals surface area contributed by atoms with Gasteiger partial charge in [0.1, 0.15) is 6.04 Å². The number of halogens is 1. The van der Waals surface area contributed by atoms with Crippen molar-refractivity contribution in [3.63, 3.8) is 0 Å². The molecule has 5 rings (SSSR count). The Morgan fingerprint density at radius 3 is 2.14 bits per heavy atom. The number of rotatable bonds is 12. The number of thioether (sulfide) groups is 1. The molecule has 1 unspecified atom stereocenters. The van der Waals surface area contributed by atoms with E-state index in [9.17, 15) is 14.7 Å². The quantitative estimate of drug-likeness (QED) is 0.122. The van der Waals surface area contributed by atoms with Gasteiger partial charge in [-0.1, -0.05) is 94.8 Å². The lowest BCUT2D eigenvalue weighted by Gasteiger charge is -2.31. The lowest BCUT2D eigenvalue weighted by atomic mass is 9.84. The number of anilines is 1. The van der Waals surface area contributed by atoms with Crippen molar-refractivity contribution < 1.29 is 19.4 Å². The summed E-state index contributed by atoms with van der Waals surface area (Å²) in [6, 6.07) is 34.0. The Labute approximate surface area is 270 Å². The number of aryl methyl sites for hydroxylation is 1. The summed E-state index contributed by atoms with van der Waals surface area (Å²) in [6.07, 6.45) is 0.378. The first-order valence-electron chi connectivity index (χ1n) is 14.7. The second-order valence-electron chi connectivity index (χ2n) is 10.7. The van der Waals surface area contributed by atoms with Crippen LogP contribution in [0.25, 0.3) is 0 Å². The van der Waals surface area contributed by atoms with E-state index in [1.54, 1.807) is 11.8 Å². The maximum atomic E-state index is 13.9. The van der Waals surface area contributed by atoms with Crippen molar-refractivity contribution in [2.24, 2.45) is 0 Å². The molecule has 9 heteroatoms. The van der Waals surface area contributed by atoms with Crippen molar-refractivity contribution in [1.82, 2.24) is 10.6 Å². The van der Waals surface area contributed by atoms with E-state index in [4.69, 9.17) is 4.74 Å². The van der Waals surface area contributed by atoms with Crippen LogP contribution in [0.2, 0.25) is 0 Å². The Morgan fingerprint density at radius 1 is 0.864 bits per heavy atom. The molecule has 0 saturated carbocycles. The van der Waals surface area contributed by atoms with Crippen LogP contribution >= 0.6 is 27.7 Å². The van der Waals surface area contributed by atoms with E-state index in [-0.39, 0.29) is 12.2 Å². The van der Waals surface area contributed by atoms with Gasteiger partial charge < -0.3 is 25.8 Å². The average Bonchev–Trinajstić information content (AvgIpc) is 3.05. The summed E-state index contributed by atoms with van der Waals surface area (Å²) in [6.45, 7) is 1.59. The zero-order valence-corrected chi connectivity index (χ0v) is 26.6. The van der Waals surface area contributed by atoms with E-state index in [1.165, 1.54) is 4.90 Å². The molecule has 0 aromatic heterocycles. The number of carboxylic acid groups (broad SMARTS) is 1. The van der Waals surface area contributed by atoms with Crippen molar-refractivity contribution in [2.45, 2.75) is 41.9 Å². The molecule has 1 fully saturated rings. The fourth-order valence-electron chi connectivity index (χ4n) is 5.48. The van der Waals surface area contributed by atoms with Gasteiger partial charge in [0.05, 0.1) is 12.2 Å². The second kappa shape index (κ2) is 15.9. The number of benzene rings is 4. The van der Waals surface area contributed by atoms with E-state index in [1.807, 2.05) is 97.1 Å². The van der Waals surface area contributed by atoms with E-state index in [0.29, 0.717) is 12.1 Å². The SMILES string of the molecule is O=C(O)NC(C(=O)Nc1ccccc1CC[C@@H]1CNC[C@@H](CSc2ccc(Br)cc2)O1)C(c1ccccc1)c1ccccc1. The van der Waals surface area contributed by atoms with Gasteiger partial charge in [0.2, 0.25) is 5.91 Å². The van der Waals surface area contributed by atoms with Gasteiger partial charge in [-0.2, -0.15) is 0 Å². The highest BCUT2D eigenvalue weighted by Crippen LogP contribution is 2.30. The first kappa shape index (κ1) is 31.8. The molecular weight excluding hydrogens is 638 g/mol. The topological polar surface area (TPSA) is 99.7 Å². The Kier molecular flexibility index (Phi) is 11.5. The maximum absolute atomic E-state index is 13.9. The first-order chi connectivity index (χ1) is 21.5. The smallest absolute Gasteiger partial charge is 0.405 e. The Bertz CT molecular complexity index is 1470. The van der Waals surface area contributed by atoms with Gasteiger partial charge in [-0.15, -0.1) is 11.8 Å². The third-order valence-electron chi connectivity index (χ3n) is 7.60. The second-order valence-corrected chi connectivity index (χ2v) is 12.7. The average molecular weight is 675 g/mol. The van der Waals surface area contributed by atoms with Crippen LogP contribution in [-0.4, -0.2) is 54.2 Å². The number of morpholine rings is 1. The third-order valence-corrected chi connectivity index (χ3v) is 9.27. The van der Waals surface area contributed by atoms with Crippen LogP contribution in [-0.2, 0) is 16.0 Å². The molecule has 7 nitrogen and oxygen atoms in total. The molecule has 1 aliphatic rings. The minimum Gasteiger partial charge on any atom is -0.465 e. The number of para-hydroxylation sites is 1. The van der Waals surface area contributed by atoms with Gasteiger partial charge in [-0.05, 0) is 59.9 Å². The minimum absolute atomic E-state index is 0.0463. The number of hydrogen-bond donors (Lipinski definition) is 4. The number of carbonyl (C=O) groups is 2. The molecule has 44 heavy (non-hydrogen) atoms. The number of nitrogens with one attached hydrogen (secondary N) is 3. The van der Waals surface area contributed by atoms with Crippen LogP contribution in [0, 0.1) is 0 Å². The summed E-state index contributed by atoms with van der Waals surface area (Å²) in [7, 11) is 0. The van der Waals surface area contributed by atoms with Gasteiger partial charge >= 0.3 is 6.09 Å². The molecule has 2 amide bonds. The predicted molar refractivity (Wildman–Crippen MR) is 179 cm³/mol. The molecule has 3 atom stereocenters. The molecule has 228 valence electrons. The van der Waals surface area contributed by atoms with E-state index in [2.05, 4.69) is 44.0 Å². The minimum atomic E-state index is -1.26. The van der Waals surface area contributed by atoms with Crippen LogP contribution in [0.15, 0.2) is 119 Å². The predicted octanol–water partition coefficient (Wildman–Crippen LogP) is 6.94. The normalized spacial score (nSPS) is 17.1. The largest absolute Gasteiger partial charge is 0.465 e. The van der Waals surface area contributed by atoms with Crippen LogP contribution in [0.1, 0.15) is 29.0 Å². The third kappa shape index (κ3) is 8.95. The molecule has 4 N–H and O–H groups in total. The maximum Gasteiger partial charge on any atom is 0.405 e. The molecule has 0 bridgehead atoms. The van der Waals surface area contributed by atoms with Crippen LogP contribution < -0.4 is 16.0 Å². The molecule has 4 aromatic rings. The number of amides is 2. The van der Waals surface area contributed by atoms with Gasteiger partial charge in [0.25, 0.3) is 0 Å². The molecule has 4 aromatic carbocycles. The van der Waals surface area contributed by atoms with E-state index in [0.717, 1.165) is 46.4 Å². The highest BCUT2D eigenvalue weighted by atomic mass is 79.9. The Hall–Kier alpha value is -3.63. The molecule has 0 spiro atoms. The molecule has 1 aliphatic heterocycles. The van der Waals surface area contributed by atoms with E-state index < -0.39 is 24.0 Å². The Balaban J connectivity index is 1.26. The van der Waals surface area contributed by atoms with Gasteiger partial charge in [-0.3, -0.25) is 4.79 Å². The summed E-state index contributed by atoms with van der Waals surface area (Å²) >= 11 is 5.27. The number of ether oxygens (including phenoxy) is 1. The summed E-state index contributed by atoms with van der Waals surface area (Å²) in [5.41, 5.74) is 3.33. The molecule has 1 saturated heterocycles. The van der Waals surface area contributed by atoms with Crippen LogP contribution in [0.4, 0.5) is 10.5 Å². The lowest BCUT2D eigenvalue weighted by molar-refractivity contribution is -0.118. The highest BCUT2D eigenvalue weighted by molar-refractivity contribution is 9.10. The highest BCUT2D eigenvalue weighted by Gasteiger charge is 2.33. The van der Waals surface area contributed by atoms with Crippen molar-refractivity contribution >= 4 is 45.4 Å². The Morgan fingerprint density at radius 2 is 1.48 bits per heavy atom. The summed E-state index contributed by atoms with van der Waals surface area (Å²) in [5.74, 6) is -0.0764. The summed E-state index contributed by atoms with van der Waals surface area (Å²) < 4.78 is 7.50. The molecular formula is C35H36BrN3O4S. The zero-order chi connectivity index (χ0) is 30.7. The van der Waals surface area contributed by atoms with Crippen LogP contribution in [0.3, 0.4) is 0 Å². The van der Waals surface area contributed by atoms with Gasteiger partial charge in [0, 0.05) is 39.8 Å². The first-order valence-corrected chi connectivity index (χ1v) is 16.5. The molecule has 1 heterocycles. The van der Waals surface area contributed by atoms with Crippen LogP contribution in [0.5, 0.6) is 0 Å². The van der Waals surface area contributed by atoms with Crippen molar-refractivity contribution in [3.05, 3.63) is 130 Å². The lowest BCUT2D eigenvalue weighted by Crippen LogP contribution is -2.47. The van der Waals surface area contributed by atoms with Crippen molar-refractivity contribution in [2.75, 3.05) is 24.2 Å². The van der Waals surface area contributed by atoms with Crippen molar-refractivity contribution in [1.29, 1.82) is 0 Å². The number of carbonyl (C=O) groups excluding carboxylic acids is 1. The fourth-order valence-corrected chi connectivity index (χ4v) is 6.65. The summed E-state index contributed by atoms with van der Waals surface area (Å²) in [5, 5.41) is 18.8. The van der Waals surface area contributed by atoms with Gasteiger partial charge in [0.15, 0.2) is 0 Å². The monoisotopic (exact) mass is 673 g/mol. The van der Waals surface area contributed by atoms with Crippen molar-refractivity contribution in [3.8, 4) is 0 Å². The standard InChI is InChI=1S/C35H36BrN3O4S/c36-27-16-19-30(20-17-27)44-23-29-22-37-21-28(43-29)18-15-24-9-7-8-14-31(24)38-34(40)33(39-35(41)42)32(25-10-3-1-4-11-25)26-12-5-2-6-13-26/h1-14,16-17,19-20,28-29,32-33,37,39H,15,18,21-23H2,(H,38,40)(H,41,42)/t28-,29+,33?/m1/s1. The van der Waals surface area contributed by atoms with Gasteiger partial charge in [-0.25, -0.2) is 4.79 Å². The molecule has 0 aliphatic carbocycles. The summed E-state index contributed by atoms with van der Waals surface area (Å²) in [4.78, 5) is 27.0. The fraction of sp³-hybridized carbons (Fsp3) is 0.257. The number of hydrogen-bond acceptors (Lipinski definition) is 5.